The van der Waals surface area contributed by atoms with Crippen LogP contribution in [0.15, 0.2) is 33.2 Å². The quantitative estimate of drug-likeness (QED) is 0.841. The van der Waals surface area contributed by atoms with Gasteiger partial charge in [-0.2, -0.15) is 0 Å². The van der Waals surface area contributed by atoms with Crippen molar-refractivity contribution in [2.75, 3.05) is 0 Å². The third-order valence-electron chi connectivity index (χ3n) is 2.94. The second kappa shape index (κ2) is 4.72. The van der Waals surface area contributed by atoms with Crippen LogP contribution in [-0.4, -0.2) is 11.1 Å². The van der Waals surface area contributed by atoms with Crippen LogP contribution < -0.4 is 5.43 Å². The monoisotopic (exact) mass is 258 g/mol. The van der Waals surface area contributed by atoms with E-state index in [4.69, 9.17) is 9.52 Å². The molecule has 4 nitrogen and oxygen atoms in total. The highest BCUT2D eigenvalue weighted by Gasteiger charge is 2.09. The number of carboxylic acids is 1. The van der Waals surface area contributed by atoms with E-state index in [0.717, 1.165) is 11.1 Å². The first-order chi connectivity index (χ1) is 8.90. The Morgan fingerprint density at radius 3 is 2.63 bits per heavy atom. The normalized spacial score (nSPS) is 11.8. The van der Waals surface area contributed by atoms with Crippen LogP contribution in [0.25, 0.3) is 17.0 Å². The number of hydrogen-bond donors (Lipinski definition) is 1. The van der Waals surface area contributed by atoms with E-state index < -0.39 is 5.97 Å². The minimum absolute atomic E-state index is 0.0935. The lowest BCUT2D eigenvalue weighted by molar-refractivity contribution is -0.132. The van der Waals surface area contributed by atoms with E-state index in [1.165, 1.54) is 19.3 Å². The van der Waals surface area contributed by atoms with E-state index in [1.54, 1.807) is 6.07 Å². The van der Waals surface area contributed by atoms with Crippen molar-refractivity contribution in [2.24, 2.45) is 0 Å². The average molecular weight is 258 g/mol. The zero-order valence-electron chi connectivity index (χ0n) is 11.0. The van der Waals surface area contributed by atoms with Crippen molar-refractivity contribution in [3.8, 4) is 0 Å². The standard InChI is InChI=1S/C15H14O4/c1-8-4-9(2)14-12(5-8)13(16)11(7-19-14)6-10(3)15(17)18/h4-7H,1-3H3,(H,17,18)/b10-6+. The predicted molar refractivity (Wildman–Crippen MR) is 73.2 cm³/mol. The van der Waals surface area contributed by atoms with Gasteiger partial charge in [0, 0.05) is 5.57 Å². The Bertz CT molecular complexity index is 751. The third-order valence-corrected chi connectivity index (χ3v) is 2.94. The number of hydrogen-bond acceptors (Lipinski definition) is 3. The van der Waals surface area contributed by atoms with Gasteiger partial charge in [-0.1, -0.05) is 6.07 Å². The maximum atomic E-state index is 12.3. The molecular weight excluding hydrogens is 244 g/mol. The minimum Gasteiger partial charge on any atom is -0.478 e. The number of carbonyl (C=O) groups is 1. The number of carboxylic acid groups (broad SMARTS) is 1. The summed E-state index contributed by atoms with van der Waals surface area (Å²) in [6.45, 7) is 5.21. The van der Waals surface area contributed by atoms with E-state index in [0.29, 0.717) is 11.0 Å². The molecule has 1 aromatic carbocycles. The van der Waals surface area contributed by atoms with Crippen molar-refractivity contribution in [3.63, 3.8) is 0 Å². The molecule has 0 unspecified atom stereocenters. The zero-order chi connectivity index (χ0) is 14.2. The van der Waals surface area contributed by atoms with E-state index >= 15 is 0 Å². The van der Waals surface area contributed by atoms with Gasteiger partial charge in [0.25, 0.3) is 0 Å². The van der Waals surface area contributed by atoms with Gasteiger partial charge < -0.3 is 9.52 Å². The number of benzene rings is 1. The second-order valence-electron chi connectivity index (χ2n) is 4.61. The van der Waals surface area contributed by atoms with Crippen LogP contribution in [0.5, 0.6) is 0 Å². The summed E-state index contributed by atoms with van der Waals surface area (Å²) in [4.78, 5) is 23.1. The van der Waals surface area contributed by atoms with Gasteiger partial charge in [0.1, 0.15) is 11.8 Å². The first kappa shape index (κ1) is 13.1. The summed E-state index contributed by atoms with van der Waals surface area (Å²) in [6.07, 6.45) is 2.63. The molecule has 0 saturated heterocycles. The highest BCUT2D eigenvalue weighted by Crippen LogP contribution is 2.19. The molecule has 1 aromatic heterocycles. The topological polar surface area (TPSA) is 67.5 Å². The summed E-state index contributed by atoms with van der Waals surface area (Å²) in [7, 11) is 0. The number of aliphatic carboxylic acids is 1. The fourth-order valence-electron chi connectivity index (χ4n) is 2.01. The Morgan fingerprint density at radius 2 is 2.00 bits per heavy atom. The molecule has 0 saturated carbocycles. The van der Waals surface area contributed by atoms with Gasteiger partial charge in [0.2, 0.25) is 0 Å². The van der Waals surface area contributed by atoms with Crippen molar-refractivity contribution in [1.29, 1.82) is 0 Å². The van der Waals surface area contributed by atoms with Crippen molar-refractivity contribution in [3.05, 3.63) is 50.9 Å². The van der Waals surface area contributed by atoms with Crippen molar-refractivity contribution >= 4 is 23.0 Å². The van der Waals surface area contributed by atoms with E-state index in [2.05, 4.69) is 0 Å². The molecule has 4 heteroatoms. The lowest BCUT2D eigenvalue weighted by Gasteiger charge is -2.04. The van der Waals surface area contributed by atoms with Gasteiger partial charge >= 0.3 is 5.97 Å². The highest BCUT2D eigenvalue weighted by atomic mass is 16.4. The van der Waals surface area contributed by atoms with Crippen LogP contribution >= 0.6 is 0 Å². The molecule has 2 rings (SSSR count). The van der Waals surface area contributed by atoms with Crippen LogP contribution in [0.1, 0.15) is 23.6 Å². The van der Waals surface area contributed by atoms with Crippen LogP contribution in [0.4, 0.5) is 0 Å². The molecule has 0 amide bonds. The summed E-state index contributed by atoms with van der Waals surface area (Å²) >= 11 is 0. The van der Waals surface area contributed by atoms with Gasteiger partial charge in [-0.25, -0.2) is 4.79 Å². The molecule has 0 bridgehead atoms. The second-order valence-corrected chi connectivity index (χ2v) is 4.61. The van der Waals surface area contributed by atoms with Crippen LogP contribution in [-0.2, 0) is 4.79 Å². The molecule has 0 atom stereocenters. The molecular formula is C15H14O4. The minimum atomic E-state index is -1.06. The van der Waals surface area contributed by atoms with Crippen LogP contribution in [0.2, 0.25) is 0 Å². The highest BCUT2D eigenvalue weighted by molar-refractivity contribution is 5.92. The Labute approximate surface area is 110 Å². The Hall–Kier alpha value is -2.36. The molecule has 0 fully saturated rings. The first-order valence-electron chi connectivity index (χ1n) is 5.84. The molecule has 19 heavy (non-hydrogen) atoms. The number of aryl methyl sites for hydroxylation is 2. The Morgan fingerprint density at radius 1 is 1.32 bits per heavy atom. The average Bonchev–Trinajstić information content (AvgIpc) is 2.33. The third kappa shape index (κ3) is 2.42. The fraction of sp³-hybridized carbons (Fsp3) is 0.200. The molecule has 0 aliphatic carbocycles. The Balaban J connectivity index is 2.75. The summed E-state index contributed by atoms with van der Waals surface area (Å²) in [6, 6.07) is 3.69. The number of fused-ring (bicyclic) bond motifs is 1. The molecule has 0 aliphatic rings. The molecule has 98 valence electrons. The van der Waals surface area contributed by atoms with Crippen molar-refractivity contribution in [1.82, 2.24) is 0 Å². The predicted octanol–water partition coefficient (Wildman–Crippen LogP) is 2.90. The molecule has 0 aliphatic heterocycles. The largest absolute Gasteiger partial charge is 0.478 e. The van der Waals surface area contributed by atoms with E-state index in [9.17, 15) is 9.59 Å². The number of rotatable bonds is 2. The van der Waals surface area contributed by atoms with Gasteiger partial charge in [-0.05, 0) is 44.0 Å². The maximum absolute atomic E-state index is 12.3. The molecule has 1 heterocycles. The summed E-state index contributed by atoms with van der Waals surface area (Å²) in [5, 5.41) is 9.31. The van der Waals surface area contributed by atoms with Crippen molar-refractivity contribution in [2.45, 2.75) is 20.8 Å². The SMILES string of the molecule is C/C(=C\c1coc2c(C)cc(C)cc2c1=O)C(=O)O. The van der Waals surface area contributed by atoms with Gasteiger partial charge in [-0.3, -0.25) is 4.79 Å². The zero-order valence-corrected chi connectivity index (χ0v) is 11.0. The van der Waals surface area contributed by atoms with E-state index in [-0.39, 0.29) is 16.6 Å². The lowest BCUT2D eigenvalue weighted by Crippen LogP contribution is -2.07. The lowest BCUT2D eigenvalue weighted by atomic mass is 10.1. The summed E-state index contributed by atoms with van der Waals surface area (Å²) in [5.74, 6) is -1.06. The van der Waals surface area contributed by atoms with Gasteiger partial charge in [-0.15, -0.1) is 0 Å². The fourth-order valence-corrected chi connectivity index (χ4v) is 2.01. The van der Waals surface area contributed by atoms with Crippen LogP contribution in [0.3, 0.4) is 0 Å². The molecule has 2 aromatic rings. The first-order valence-corrected chi connectivity index (χ1v) is 5.84. The maximum Gasteiger partial charge on any atom is 0.331 e. The van der Waals surface area contributed by atoms with Crippen molar-refractivity contribution < 1.29 is 14.3 Å². The van der Waals surface area contributed by atoms with E-state index in [1.807, 2.05) is 19.9 Å². The summed E-state index contributed by atoms with van der Waals surface area (Å²) < 4.78 is 5.45. The summed E-state index contributed by atoms with van der Waals surface area (Å²) in [5.41, 5.74) is 2.52. The van der Waals surface area contributed by atoms with Gasteiger partial charge in [0.05, 0.1) is 10.9 Å². The molecule has 0 spiro atoms. The molecule has 1 N–H and O–H groups in total. The Kier molecular flexibility index (Phi) is 3.25. The molecule has 0 radical (unpaired) electrons. The van der Waals surface area contributed by atoms with Crippen LogP contribution in [0, 0.1) is 13.8 Å². The smallest absolute Gasteiger partial charge is 0.331 e. The van der Waals surface area contributed by atoms with Gasteiger partial charge in [0.15, 0.2) is 5.43 Å².